The van der Waals surface area contributed by atoms with Crippen LogP contribution < -0.4 is 15.7 Å². The predicted molar refractivity (Wildman–Crippen MR) is 114 cm³/mol. The molecule has 0 aliphatic rings. The Labute approximate surface area is 176 Å². The van der Waals surface area contributed by atoms with Gasteiger partial charge in [0.25, 0.3) is 15.9 Å². The van der Waals surface area contributed by atoms with Gasteiger partial charge in [-0.3, -0.25) is 9.52 Å². The summed E-state index contributed by atoms with van der Waals surface area (Å²) in [6.07, 6.45) is 1.24. The van der Waals surface area contributed by atoms with E-state index >= 15 is 0 Å². The van der Waals surface area contributed by atoms with Crippen LogP contribution in [0.15, 0.2) is 87.2 Å². The van der Waals surface area contributed by atoms with E-state index in [2.05, 4.69) is 15.0 Å². The van der Waals surface area contributed by atoms with Gasteiger partial charge >= 0.3 is 5.63 Å². The molecular weight excluding hydrogens is 422 g/mol. The number of carbonyl (C=O) groups excluding carboxylic acids is 1. The summed E-state index contributed by atoms with van der Waals surface area (Å²) in [5.74, 6) is -0.587. The molecule has 0 saturated heterocycles. The van der Waals surface area contributed by atoms with Crippen molar-refractivity contribution in [1.82, 2.24) is 4.98 Å². The van der Waals surface area contributed by atoms with Crippen LogP contribution in [0.3, 0.4) is 0 Å². The van der Waals surface area contributed by atoms with Crippen molar-refractivity contribution in [3.63, 3.8) is 0 Å². The molecule has 0 unspecified atom stereocenters. The van der Waals surface area contributed by atoms with E-state index in [-0.39, 0.29) is 33.3 Å². The highest BCUT2D eigenvalue weighted by molar-refractivity contribution is 7.92. The zero-order chi connectivity index (χ0) is 22.0. The van der Waals surface area contributed by atoms with Crippen LogP contribution in [-0.4, -0.2) is 24.4 Å². The lowest BCUT2D eigenvalue weighted by Crippen LogP contribution is -2.16. The number of hydrogen-bond donors (Lipinski definition) is 3. The van der Waals surface area contributed by atoms with E-state index in [4.69, 9.17) is 4.42 Å². The number of benzene rings is 2. The summed E-state index contributed by atoms with van der Waals surface area (Å²) in [4.78, 5) is 28.1. The van der Waals surface area contributed by atoms with Gasteiger partial charge in [-0.2, -0.15) is 8.42 Å². The molecule has 9 nitrogen and oxygen atoms in total. The summed E-state index contributed by atoms with van der Waals surface area (Å²) in [6.45, 7) is 0. The Morgan fingerprint density at radius 3 is 2.52 bits per heavy atom. The zero-order valence-corrected chi connectivity index (χ0v) is 16.6. The van der Waals surface area contributed by atoms with Crippen molar-refractivity contribution in [2.45, 2.75) is 5.03 Å². The average Bonchev–Trinajstić information content (AvgIpc) is 2.75. The first-order valence-electron chi connectivity index (χ1n) is 8.94. The van der Waals surface area contributed by atoms with Crippen LogP contribution in [0.1, 0.15) is 10.4 Å². The minimum atomic E-state index is -4.04. The minimum Gasteiger partial charge on any atom is -0.508 e. The quantitative estimate of drug-likeness (QED) is 0.322. The summed E-state index contributed by atoms with van der Waals surface area (Å²) in [5, 5.41) is 12.2. The molecule has 0 fully saturated rings. The number of fused-ring (bicyclic) bond motifs is 1. The smallest absolute Gasteiger partial charge is 0.336 e. The minimum absolute atomic E-state index is 0.00458. The lowest BCUT2D eigenvalue weighted by Gasteiger charge is -2.10. The summed E-state index contributed by atoms with van der Waals surface area (Å²) < 4.78 is 32.7. The fraction of sp³-hybridized carbons (Fsp3) is 0. The van der Waals surface area contributed by atoms with Crippen molar-refractivity contribution < 1.29 is 22.7 Å². The van der Waals surface area contributed by atoms with Crippen molar-refractivity contribution in [3.8, 4) is 5.75 Å². The first-order valence-corrected chi connectivity index (χ1v) is 10.4. The highest BCUT2D eigenvalue weighted by Gasteiger charge is 2.18. The van der Waals surface area contributed by atoms with Gasteiger partial charge in [0.05, 0.1) is 5.56 Å². The molecular formula is C21H15N3O6S. The Kier molecular flexibility index (Phi) is 5.14. The van der Waals surface area contributed by atoms with E-state index in [1.807, 2.05) is 0 Å². The van der Waals surface area contributed by atoms with E-state index in [0.717, 1.165) is 0 Å². The number of phenolic OH excluding ortho intramolecular Hbond substituents is 1. The first kappa shape index (κ1) is 20.1. The molecule has 0 spiro atoms. The molecule has 2 heterocycles. The van der Waals surface area contributed by atoms with Gasteiger partial charge in [0, 0.05) is 35.1 Å². The van der Waals surface area contributed by atoms with Gasteiger partial charge in [0.1, 0.15) is 5.75 Å². The maximum absolute atomic E-state index is 12.7. The monoisotopic (exact) mass is 437 g/mol. The van der Waals surface area contributed by atoms with Crippen LogP contribution in [0.5, 0.6) is 5.75 Å². The Hall–Kier alpha value is -4.18. The summed E-state index contributed by atoms with van der Waals surface area (Å²) in [6, 6.07) is 15.7. The van der Waals surface area contributed by atoms with E-state index < -0.39 is 21.6 Å². The number of nitrogens with zero attached hydrogens (tertiary/aromatic N) is 1. The van der Waals surface area contributed by atoms with Crippen molar-refractivity contribution in [2.75, 3.05) is 10.0 Å². The molecule has 0 radical (unpaired) electrons. The number of para-hydroxylation sites is 1. The van der Waals surface area contributed by atoms with Gasteiger partial charge < -0.3 is 14.8 Å². The molecule has 156 valence electrons. The van der Waals surface area contributed by atoms with Crippen molar-refractivity contribution in [1.29, 1.82) is 0 Å². The van der Waals surface area contributed by atoms with E-state index in [9.17, 15) is 23.1 Å². The predicted octanol–water partition coefficient (Wildman–Crippen LogP) is 2.95. The van der Waals surface area contributed by atoms with Crippen LogP contribution in [0.25, 0.3) is 11.0 Å². The standard InChI is InChI=1S/C21H15N3O6S/c25-16-7-5-14(6-8-16)24-31(28,29)18-12-15(10-11-22-18)23-21(27)17-3-1-2-13-4-9-19(26)30-20(13)17/h1-12,24-25H,(H,22,23,27). The van der Waals surface area contributed by atoms with E-state index in [1.54, 1.807) is 18.2 Å². The highest BCUT2D eigenvalue weighted by atomic mass is 32.2. The van der Waals surface area contributed by atoms with Crippen molar-refractivity contribution in [2.24, 2.45) is 0 Å². The molecule has 0 saturated carbocycles. The topological polar surface area (TPSA) is 139 Å². The van der Waals surface area contributed by atoms with Crippen LogP contribution in [0.4, 0.5) is 11.4 Å². The molecule has 0 aliphatic carbocycles. The third kappa shape index (κ3) is 4.38. The van der Waals surface area contributed by atoms with Crippen molar-refractivity contribution in [3.05, 3.63) is 88.9 Å². The lowest BCUT2D eigenvalue weighted by molar-refractivity contribution is 0.102. The highest BCUT2D eigenvalue weighted by Crippen LogP contribution is 2.21. The van der Waals surface area contributed by atoms with Crippen LogP contribution in [-0.2, 0) is 10.0 Å². The first-order chi connectivity index (χ1) is 14.8. The number of pyridine rings is 1. The number of aromatic nitrogens is 1. The van der Waals surface area contributed by atoms with Gasteiger partial charge in [0.2, 0.25) is 0 Å². The van der Waals surface area contributed by atoms with E-state index in [1.165, 1.54) is 54.7 Å². The second kappa shape index (κ2) is 7.92. The molecule has 0 aliphatic heterocycles. The number of nitrogens with one attached hydrogen (secondary N) is 2. The molecule has 4 rings (SSSR count). The molecule has 3 N–H and O–H groups in total. The Morgan fingerprint density at radius 2 is 1.74 bits per heavy atom. The number of sulfonamides is 1. The number of phenols is 1. The largest absolute Gasteiger partial charge is 0.508 e. The normalized spacial score (nSPS) is 11.2. The third-order valence-electron chi connectivity index (χ3n) is 4.28. The van der Waals surface area contributed by atoms with E-state index in [0.29, 0.717) is 5.39 Å². The maximum atomic E-state index is 12.7. The number of hydrogen-bond acceptors (Lipinski definition) is 7. The molecule has 2 aromatic heterocycles. The van der Waals surface area contributed by atoms with Gasteiger partial charge in [-0.05, 0) is 42.5 Å². The number of rotatable bonds is 5. The van der Waals surface area contributed by atoms with Gasteiger partial charge in [-0.15, -0.1) is 0 Å². The van der Waals surface area contributed by atoms with Gasteiger partial charge in [0.15, 0.2) is 10.6 Å². The van der Waals surface area contributed by atoms with Crippen LogP contribution in [0.2, 0.25) is 0 Å². The fourth-order valence-electron chi connectivity index (χ4n) is 2.84. The second-order valence-electron chi connectivity index (χ2n) is 6.47. The SMILES string of the molecule is O=C(Nc1ccnc(S(=O)(=O)Nc2ccc(O)cc2)c1)c1cccc2ccc(=O)oc12. The number of aromatic hydroxyl groups is 1. The van der Waals surface area contributed by atoms with Gasteiger partial charge in [-0.25, -0.2) is 9.78 Å². The summed E-state index contributed by atoms with van der Waals surface area (Å²) in [7, 11) is -4.04. The van der Waals surface area contributed by atoms with Crippen molar-refractivity contribution >= 4 is 38.3 Å². The second-order valence-corrected chi connectivity index (χ2v) is 8.10. The lowest BCUT2D eigenvalue weighted by atomic mass is 10.1. The Bertz CT molecular complexity index is 1450. The average molecular weight is 437 g/mol. The number of anilines is 2. The molecule has 31 heavy (non-hydrogen) atoms. The van der Waals surface area contributed by atoms with Crippen LogP contribution >= 0.6 is 0 Å². The Balaban J connectivity index is 1.60. The summed E-state index contributed by atoms with van der Waals surface area (Å²) in [5.41, 5.74) is 0.0774. The third-order valence-corrected chi connectivity index (χ3v) is 5.56. The van der Waals surface area contributed by atoms with Crippen LogP contribution in [0, 0.1) is 0 Å². The molecule has 1 amide bonds. The zero-order valence-electron chi connectivity index (χ0n) is 15.8. The molecule has 0 bridgehead atoms. The molecule has 4 aromatic rings. The maximum Gasteiger partial charge on any atom is 0.336 e. The van der Waals surface area contributed by atoms with Gasteiger partial charge in [-0.1, -0.05) is 12.1 Å². The Morgan fingerprint density at radius 1 is 0.968 bits per heavy atom. The number of carbonyl (C=O) groups is 1. The molecule has 0 atom stereocenters. The molecule has 10 heteroatoms. The molecule has 2 aromatic carbocycles. The summed E-state index contributed by atoms with van der Waals surface area (Å²) >= 11 is 0. The number of amides is 1. The fourth-order valence-corrected chi connectivity index (χ4v) is 3.87.